The maximum atomic E-state index is 12.1. The first-order chi connectivity index (χ1) is 9.56. The molecule has 5 heteroatoms. The first kappa shape index (κ1) is 13.4. The van der Waals surface area contributed by atoms with Crippen molar-refractivity contribution in [2.75, 3.05) is 0 Å². The van der Waals surface area contributed by atoms with Crippen molar-refractivity contribution in [3.8, 4) is 16.9 Å². The van der Waals surface area contributed by atoms with E-state index in [4.69, 9.17) is 4.42 Å². The second-order valence-electron chi connectivity index (χ2n) is 4.26. The van der Waals surface area contributed by atoms with E-state index < -0.39 is 5.63 Å². The van der Waals surface area contributed by atoms with Crippen LogP contribution in [0.4, 0.5) is 0 Å². The Kier molecular flexibility index (Phi) is 3.40. The van der Waals surface area contributed by atoms with E-state index >= 15 is 0 Å². The van der Waals surface area contributed by atoms with Crippen LogP contribution in [-0.4, -0.2) is 5.11 Å². The zero-order chi connectivity index (χ0) is 14.3. The summed E-state index contributed by atoms with van der Waals surface area (Å²) in [5, 5.41) is 10.9. The summed E-state index contributed by atoms with van der Waals surface area (Å²) in [6.45, 7) is 0. The molecular formula is C15H8Br2O3. The van der Waals surface area contributed by atoms with E-state index in [1.807, 2.05) is 0 Å². The summed E-state index contributed by atoms with van der Waals surface area (Å²) in [6, 6.07) is 12.3. The van der Waals surface area contributed by atoms with E-state index in [9.17, 15) is 9.90 Å². The molecule has 0 saturated heterocycles. The highest BCUT2D eigenvalue weighted by molar-refractivity contribution is 9.10. The van der Waals surface area contributed by atoms with Gasteiger partial charge in [-0.15, -0.1) is 0 Å². The Morgan fingerprint density at radius 2 is 1.60 bits per heavy atom. The molecule has 1 N–H and O–H groups in total. The van der Waals surface area contributed by atoms with Crippen molar-refractivity contribution in [1.29, 1.82) is 0 Å². The van der Waals surface area contributed by atoms with E-state index in [2.05, 4.69) is 31.9 Å². The third-order valence-corrected chi connectivity index (χ3v) is 4.00. The SMILES string of the molecule is O=c1oc2cc(Br)ccc2c(O)c1-c1ccc(Br)cc1. The van der Waals surface area contributed by atoms with Gasteiger partial charge < -0.3 is 9.52 Å². The number of benzene rings is 2. The van der Waals surface area contributed by atoms with Crippen LogP contribution < -0.4 is 5.63 Å². The molecule has 0 aliphatic rings. The van der Waals surface area contributed by atoms with Gasteiger partial charge in [0.1, 0.15) is 16.9 Å². The normalized spacial score (nSPS) is 10.9. The summed E-state index contributed by atoms with van der Waals surface area (Å²) < 4.78 is 6.96. The first-order valence-corrected chi connectivity index (χ1v) is 7.36. The quantitative estimate of drug-likeness (QED) is 0.608. The third kappa shape index (κ3) is 2.27. The Labute approximate surface area is 131 Å². The van der Waals surface area contributed by atoms with Crippen molar-refractivity contribution in [3.63, 3.8) is 0 Å². The maximum absolute atomic E-state index is 12.1. The third-order valence-electron chi connectivity index (χ3n) is 2.98. The molecule has 0 atom stereocenters. The highest BCUT2D eigenvalue weighted by Crippen LogP contribution is 2.34. The fraction of sp³-hybridized carbons (Fsp3) is 0. The zero-order valence-electron chi connectivity index (χ0n) is 10.1. The fourth-order valence-electron chi connectivity index (χ4n) is 2.03. The molecule has 2 aromatic carbocycles. The Morgan fingerprint density at radius 3 is 2.30 bits per heavy atom. The molecule has 20 heavy (non-hydrogen) atoms. The van der Waals surface area contributed by atoms with Gasteiger partial charge in [0.2, 0.25) is 0 Å². The van der Waals surface area contributed by atoms with Gasteiger partial charge >= 0.3 is 5.63 Å². The summed E-state index contributed by atoms with van der Waals surface area (Å²) in [5.74, 6) is -0.0638. The van der Waals surface area contributed by atoms with Crippen LogP contribution in [0.5, 0.6) is 5.75 Å². The smallest absolute Gasteiger partial charge is 0.347 e. The molecule has 0 fully saturated rings. The summed E-state index contributed by atoms with van der Waals surface area (Å²) in [5.41, 5.74) is 0.578. The van der Waals surface area contributed by atoms with Gasteiger partial charge in [-0.1, -0.05) is 44.0 Å². The van der Waals surface area contributed by atoms with E-state index in [0.717, 1.165) is 8.95 Å². The van der Waals surface area contributed by atoms with Crippen LogP contribution in [0.3, 0.4) is 0 Å². The minimum Gasteiger partial charge on any atom is -0.506 e. The molecule has 100 valence electrons. The van der Waals surface area contributed by atoms with Crippen LogP contribution in [0.25, 0.3) is 22.1 Å². The molecule has 1 aromatic heterocycles. The molecule has 3 nitrogen and oxygen atoms in total. The van der Waals surface area contributed by atoms with Gasteiger partial charge in [-0.2, -0.15) is 0 Å². The average molecular weight is 396 g/mol. The van der Waals surface area contributed by atoms with E-state index in [0.29, 0.717) is 16.5 Å². The monoisotopic (exact) mass is 394 g/mol. The van der Waals surface area contributed by atoms with Crippen LogP contribution in [0, 0.1) is 0 Å². The topological polar surface area (TPSA) is 50.4 Å². The fourth-order valence-corrected chi connectivity index (χ4v) is 2.63. The molecule has 0 unspecified atom stereocenters. The lowest BCUT2D eigenvalue weighted by molar-refractivity contribution is 0.471. The number of rotatable bonds is 1. The van der Waals surface area contributed by atoms with Gasteiger partial charge in [-0.25, -0.2) is 4.79 Å². The highest BCUT2D eigenvalue weighted by Gasteiger charge is 2.15. The van der Waals surface area contributed by atoms with E-state index in [-0.39, 0.29) is 11.3 Å². The molecule has 3 rings (SSSR count). The molecule has 0 spiro atoms. The number of aromatic hydroxyl groups is 1. The minimum absolute atomic E-state index is 0.0638. The molecule has 0 bridgehead atoms. The molecular weight excluding hydrogens is 388 g/mol. The standard InChI is InChI=1S/C15H8Br2O3/c16-9-3-1-8(2-4-9)13-14(18)11-6-5-10(17)7-12(11)20-15(13)19/h1-7,18H. The van der Waals surface area contributed by atoms with Crippen molar-refractivity contribution >= 4 is 42.8 Å². The lowest BCUT2D eigenvalue weighted by Crippen LogP contribution is -2.03. The Hall–Kier alpha value is -1.59. The molecule has 0 aliphatic heterocycles. The molecule has 0 amide bonds. The van der Waals surface area contributed by atoms with Crippen molar-refractivity contribution in [3.05, 3.63) is 61.8 Å². The van der Waals surface area contributed by atoms with Gasteiger partial charge in [-0.05, 0) is 35.9 Å². The van der Waals surface area contributed by atoms with E-state index in [1.54, 1.807) is 42.5 Å². The lowest BCUT2D eigenvalue weighted by atomic mass is 10.0. The van der Waals surface area contributed by atoms with Crippen LogP contribution in [0.2, 0.25) is 0 Å². The van der Waals surface area contributed by atoms with Gasteiger partial charge in [0.25, 0.3) is 0 Å². The van der Waals surface area contributed by atoms with Crippen molar-refractivity contribution in [1.82, 2.24) is 0 Å². The van der Waals surface area contributed by atoms with Crippen LogP contribution in [-0.2, 0) is 0 Å². The van der Waals surface area contributed by atoms with Gasteiger partial charge in [0.15, 0.2) is 0 Å². The summed E-state index contributed by atoms with van der Waals surface area (Å²) in [6.07, 6.45) is 0. The zero-order valence-corrected chi connectivity index (χ0v) is 13.2. The first-order valence-electron chi connectivity index (χ1n) is 5.77. The Balaban J connectivity index is 2.34. The molecule has 0 radical (unpaired) electrons. The Bertz CT molecular complexity index is 851. The molecule has 1 heterocycles. The van der Waals surface area contributed by atoms with Gasteiger partial charge in [0.05, 0.1) is 5.39 Å². The Morgan fingerprint density at radius 1 is 0.950 bits per heavy atom. The number of fused-ring (bicyclic) bond motifs is 1. The second-order valence-corrected chi connectivity index (χ2v) is 6.09. The van der Waals surface area contributed by atoms with E-state index in [1.165, 1.54) is 0 Å². The molecule has 0 saturated carbocycles. The number of hydrogen-bond acceptors (Lipinski definition) is 3. The van der Waals surface area contributed by atoms with Crippen molar-refractivity contribution < 1.29 is 9.52 Å². The molecule has 3 aromatic rings. The predicted octanol–water partition coefficient (Wildman–Crippen LogP) is 4.69. The van der Waals surface area contributed by atoms with Gasteiger partial charge in [0, 0.05) is 8.95 Å². The summed E-state index contributed by atoms with van der Waals surface area (Å²) in [4.78, 5) is 12.1. The number of halogens is 2. The largest absolute Gasteiger partial charge is 0.506 e. The van der Waals surface area contributed by atoms with Gasteiger partial charge in [-0.3, -0.25) is 0 Å². The van der Waals surface area contributed by atoms with Crippen molar-refractivity contribution in [2.24, 2.45) is 0 Å². The van der Waals surface area contributed by atoms with Crippen LogP contribution in [0.1, 0.15) is 0 Å². The predicted molar refractivity (Wildman–Crippen MR) is 85.0 cm³/mol. The number of hydrogen-bond donors (Lipinski definition) is 1. The van der Waals surface area contributed by atoms with Crippen LogP contribution >= 0.6 is 31.9 Å². The maximum Gasteiger partial charge on any atom is 0.347 e. The second kappa shape index (κ2) is 5.07. The van der Waals surface area contributed by atoms with Crippen molar-refractivity contribution in [2.45, 2.75) is 0 Å². The molecule has 0 aliphatic carbocycles. The summed E-state index contributed by atoms with van der Waals surface area (Å²) >= 11 is 6.64. The average Bonchev–Trinajstić information content (AvgIpc) is 2.40. The summed E-state index contributed by atoms with van der Waals surface area (Å²) in [7, 11) is 0. The minimum atomic E-state index is -0.560. The van der Waals surface area contributed by atoms with Crippen LogP contribution in [0.15, 0.2) is 60.6 Å². The highest BCUT2D eigenvalue weighted by atomic mass is 79.9. The lowest BCUT2D eigenvalue weighted by Gasteiger charge is -2.07.